The number of alkyl halides is 3. The summed E-state index contributed by atoms with van der Waals surface area (Å²) in [4.78, 5) is 25.7. The number of amides is 1. The van der Waals surface area contributed by atoms with Crippen molar-refractivity contribution in [3.05, 3.63) is 71.9 Å². The van der Waals surface area contributed by atoms with Gasteiger partial charge in [0.15, 0.2) is 5.82 Å². The Morgan fingerprint density at radius 3 is 2.52 bits per heavy atom. The fraction of sp³-hybridized carbons (Fsp3) is 0.304. The van der Waals surface area contributed by atoms with Crippen LogP contribution in [-0.2, 0) is 16.5 Å². The molecule has 1 amide bonds. The molecule has 1 aromatic carbocycles. The van der Waals surface area contributed by atoms with Gasteiger partial charge >= 0.3 is 6.18 Å². The number of rotatable bonds is 5. The van der Waals surface area contributed by atoms with Crippen LogP contribution < -0.4 is 4.74 Å². The zero-order chi connectivity index (χ0) is 23.6. The molecule has 1 saturated heterocycles. The van der Waals surface area contributed by atoms with Crippen molar-refractivity contribution in [2.45, 2.75) is 37.6 Å². The topological polar surface area (TPSA) is 68.2 Å². The average molecular weight is 460 g/mol. The molecule has 6 nitrogen and oxygen atoms in total. The lowest BCUT2D eigenvalue weighted by molar-refractivity contribution is -0.138. The van der Waals surface area contributed by atoms with Crippen molar-refractivity contribution < 1.29 is 27.1 Å². The van der Waals surface area contributed by atoms with E-state index in [9.17, 15) is 18.0 Å². The van der Waals surface area contributed by atoms with Crippen LogP contribution in [0.1, 0.15) is 30.9 Å². The van der Waals surface area contributed by atoms with E-state index in [1.54, 1.807) is 19.1 Å². The van der Waals surface area contributed by atoms with Gasteiger partial charge in [-0.1, -0.05) is 12.1 Å². The lowest BCUT2D eigenvalue weighted by Gasteiger charge is -2.48. The second-order valence-electron chi connectivity index (χ2n) is 7.81. The summed E-state index contributed by atoms with van der Waals surface area (Å²) in [5.74, 6) is -0.446. The summed E-state index contributed by atoms with van der Waals surface area (Å²) in [6.45, 7) is 2.13. The summed E-state index contributed by atoms with van der Waals surface area (Å²) >= 11 is 0. The van der Waals surface area contributed by atoms with E-state index in [1.807, 2.05) is 0 Å². The van der Waals surface area contributed by atoms with E-state index in [2.05, 4.69) is 15.0 Å². The molecule has 3 heterocycles. The standard InChI is InChI=1S/C23H20F4N4O2/c1-22(16-5-2-6-17(24)20(16)21-28-10-4-11-29-21)18(7-3-12-31(22)14-32)33-19-9-8-15(13-30-19)23(25,26)27/h2,4-6,8-11,13-14,18H,3,7,12H2,1H3/t18-,22+/m1/s1. The first-order valence-electron chi connectivity index (χ1n) is 10.2. The van der Waals surface area contributed by atoms with Gasteiger partial charge in [-0.2, -0.15) is 13.2 Å². The minimum Gasteiger partial charge on any atom is -0.471 e. The molecule has 4 rings (SSSR count). The number of aromatic nitrogens is 3. The van der Waals surface area contributed by atoms with Gasteiger partial charge in [-0.05, 0) is 43.5 Å². The van der Waals surface area contributed by atoms with Gasteiger partial charge in [-0.15, -0.1) is 0 Å². The maximum Gasteiger partial charge on any atom is 0.417 e. The Hall–Kier alpha value is -3.56. The molecule has 0 N–H and O–H groups in total. The van der Waals surface area contributed by atoms with Gasteiger partial charge in [0.1, 0.15) is 17.5 Å². The van der Waals surface area contributed by atoms with Crippen LogP contribution in [0.5, 0.6) is 5.88 Å². The van der Waals surface area contributed by atoms with E-state index in [0.717, 1.165) is 12.1 Å². The third kappa shape index (κ3) is 4.24. The zero-order valence-electron chi connectivity index (χ0n) is 17.6. The second kappa shape index (κ2) is 8.76. The van der Waals surface area contributed by atoms with Crippen LogP contribution in [0, 0.1) is 5.82 Å². The van der Waals surface area contributed by atoms with Crippen molar-refractivity contribution in [2.24, 2.45) is 0 Å². The zero-order valence-corrected chi connectivity index (χ0v) is 17.6. The summed E-state index contributed by atoms with van der Waals surface area (Å²) in [6.07, 6.45) is 0.143. The molecule has 1 aliphatic rings. The number of carbonyl (C=O) groups excluding carboxylic acids is 1. The molecule has 2 atom stereocenters. The molecule has 10 heteroatoms. The van der Waals surface area contributed by atoms with E-state index in [0.29, 0.717) is 37.6 Å². The molecule has 0 radical (unpaired) electrons. The van der Waals surface area contributed by atoms with Crippen LogP contribution >= 0.6 is 0 Å². The summed E-state index contributed by atoms with van der Waals surface area (Å²) in [5.41, 5.74) is -1.51. The Bertz CT molecular complexity index is 1130. The van der Waals surface area contributed by atoms with Gasteiger partial charge in [0.2, 0.25) is 12.3 Å². The third-order valence-electron chi connectivity index (χ3n) is 5.89. The van der Waals surface area contributed by atoms with Gasteiger partial charge in [0.05, 0.1) is 11.1 Å². The molecule has 172 valence electrons. The van der Waals surface area contributed by atoms with Crippen molar-refractivity contribution in [3.63, 3.8) is 0 Å². The smallest absolute Gasteiger partial charge is 0.417 e. The number of nitrogens with zero attached hydrogens (tertiary/aromatic N) is 4. The van der Waals surface area contributed by atoms with Crippen molar-refractivity contribution in [1.29, 1.82) is 0 Å². The van der Waals surface area contributed by atoms with Gasteiger partial charge < -0.3 is 9.64 Å². The maximum absolute atomic E-state index is 15.1. The van der Waals surface area contributed by atoms with E-state index in [1.165, 1.54) is 29.4 Å². The number of halogens is 4. The van der Waals surface area contributed by atoms with E-state index < -0.39 is 29.2 Å². The van der Waals surface area contributed by atoms with E-state index in [-0.39, 0.29) is 17.3 Å². The highest BCUT2D eigenvalue weighted by Gasteiger charge is 2.47. The number of ether oxygens (including phenoxy) is 1. The Kier molecular flexibility index (Phi) is 6.01. The van der Waals surface area contributed by atoms with Crippen LogP contribution in [-0.4, -0.2) is 38.9 Å². The molecule has 33 heavy (non-hydrogen) atoms. The normalized spacial score (nSPS) is 21.0. The first-order valence-corrected chi connectivity index (χ1v) is 10.2. The van der Waals surface area contributed by atoms with Crippen LogP contribution in [0.15, 0.2) is 55.0 Å². The SMILES string of the molecule is C[C@]1(c2cccc(F)c2-c2ncccn2)[C@H](Oc2ccc(C(F)(F)F)cn2)CCCN1C=O. The third-order valence-corrected chi connectivity index (χ3v) is 5.89. The monoisotopic (exact) mass is 460 g/mol. The van der Waals surface area contributed by atoms with E-state index >= 15 is 4.39 Å². The molecule has 0 bridgehead atoms. The summed E-state index contributed by atoms with van der Waals surface area (Å²) in [7, 11) is 0. The lowest BCUT2D eigenvalue weighted by Crippen LogP contribution is -2.57. The Labute approximate surface area is 187 Å². The summed E-state index contributed by atoms with van der Waals surface area (Å²) < 4.78 is 59.7. The number of piperidine rings is 1. The minimum atomic E-state index is -4.52. The molecule has 0 unspecified atom stereocenters. The maximum atomic E-state index is 15.1. The minimum absolute atomic E-state index is 0.0270. The van der Waals surface area contributed by atoms with Crippen LogP contribution in [0.4, 0.5) is 17.6 Å². The molecule has 3 aromatic rings. The number of pyridine rings is 1. The van der Waals surface area contributed by atoms with Crippen LogP contribution in [0.2, 0.25) is 0 Å². The molecular weight excluding hydrogens is 440 g/mol. The van der Waals surface area contributed by atoms with Crippen molar-refractivity contribution in [2.75, 3.05) is 6.54 Å². The predicted molar refractivity (Wildman–Crippen MR) is 110 cm³/mol. The van der Waals surface area contributed by atoms with E-state index in [4.69, 9.17) is 4.74 Å². The first-order chi connectivity index (χ1) is 15.7. The van der Waals surface area contributed by atoms with Crippen molar-refractivity contribution in [3.8, 4) is 17.3 Å². The highest BCUT2D eigenvalue weighted by atomic mass is 19.4. The van der Waals surface area contributed by atoms with Gasteiger partial charge in [-0.3, -0.25) is 4.79 Å². The van der Waals surface area contributed by atoms with Crippen LogP contribution in [0.25, 0.3) is 11.4 Å². The number of likely N-dealkylation sites (tertiary alicyclic amines) is 1. The largest absolute Gasteiger partial charge is 0.471 e. The molecule has 1 fully saturated rings. The fourth-order valence-corrected chi connectivity index (χ4v) is 4.17. The Balaban J connectivity index is 1.79. The average Bonchev–Trinajstić information content (AvgIpc) is 2.80. The van der Waals surface area contributed by atoms with Gasteiger partial charge in [-0.25, -0.2) is 19.3 Å². The molecular formula is C23H20F4N4O2. The Morgan fingerprint density at radius 2 is 1.88 bits per heavy atom. The second-order valence-corrected chi connectivity index (χ2v) is 7.81. The molecule has 0 spiro atoms. The number of benzene rings is 1. The molecule has 1 aliphatic heterocycles. The molecule has 0 aliphatic carbocycles. The quantitative estimate of drug-likeness (QED) is 0.411. The molecule has 0 saturated carbocycles. The van der Waals surface area contributed by atoms with Crippen LogP contribution in [0.3, 0.4) is 0 Å². The fourth-order valence-electron chi connectivity index (χ4n) is 4.17. The Morgan fingerprint density at radius 1 is 1.12 bits per heavy atom. The summed E-state index contributed by atoms with van der Waals surface area (Å²) in [5, 5.41) is 0. The number of carbonyl (C=O) groups is 1. The first kappa shape index (κ1) is 22.6. The van der Waals surface area contributed by atoms with Gasteiger partial charge in [0, 0.05) is 31.2 Å². The number of hydrogen-bond donors (Lipinski definition) is 0. The summed E-state index contributed by atoms with van der Waals surface area (Å²) in [6, 6.07) is 8.09. The van der Waals surface area contributed by atoms with Crippen molar-refractivity contribution >= 4 is 6.41 Å². The highest BCUT2D eigenvalue weighted by Crippen LogP contribution is 2.43. The predicted octanol–water partition coefficient (Wildman–Crippen LogP) is 4.61. The highest BCUT2D eigenvalue weighted by molar-refractivity contribution is 5.65. The van der Waals surface area contributed by atoms with Crippen molar-refractivity contribution in [1.82, 2.24) is 19.9 Å². The molecule has 2 aromatic heterocycles. The lowest BCUT2D eigenvalue weighted by atomic mass is 9.77. The number of hydrogen-bond acceptors (Lipinski definition) is 5. The van der Waals surface area contributed by atoms with Gasteiger partial charge in [0.25, 0.3) is 0 Å².